The third kappa shape index (κ3) is 4.63. The van der Waals surface area contributed by atoms with E-state index in [0.29, 0.717) is 22.4 Å². The molecule has 0 saturated carbocycles. The van der Waals surface area contributed by atoms with Crippen LogP contribution in [0.4, 0.5) is 4.39 Å². The van der Waals surface area contributed by atoms with E-state index in [-0.39, 0.29) is 18.0 Å². The van der Waals surface area contributed by atoms with Crippen LogP contribution in [0.15, 0.2) is 72.8 Å². The van der Waals surface area contributed by atoms with Gasteiger partial charge in [0.1, 0.15) is 18.2 Å². The Labute approximate surface area is 161 Å². The van der Waals surface area contributed by atoms with Crippen molar-refractivity contribution in [1.29, 1.82) is 5.26 Å². The first kappa shape index (κ1) is 18.9. The Morgan fingerprint density at radius 3 is 2.29 bits per heavy atom. The summed E-state index contributed by atoms with van der Waals surface area (Å²) in [4.78, 5) is 10.9. The molecule has 0 heterocycles. The van der Waals surface area contributed by atoms with Crippen LogP contribution < -0.4 is 4.74 Å². The second-order valence-corrected chi connectivity index (χ2v) is 6.01. The number of allylic oxidation sites excluding steroid dienone is 1. The van der Waals surface area contributed by atoms with Crippen molar-refractivity contribution < 1.29 is 19.0 Å². The van der Waals surface area contributed by atoms with Gasteiger partial charge in [-0.25, -0.2) is 9.18 Å². The van der Waals surface area contributed by atoms with Gasteiger partial charge in [0.15, 0.2) is 0 Å². The van der Waals surface area contributed by atoms with Gasteiger partial charge in [0.2, 0.25) is 0 Å². The van der Waals surface area contributed by atoms with Crippen LogP contribution in [0.25, 0.3) is 11.6 Å². The Hall–Kier alpha value is -3.91. The van der Waals surface area contributed by atoms with Crippen molar-refractivity contribution in [3.8, 4) is 11.8 Å². The quantitative estimate of drug-likeness (QED) is 0.478. The number of nitriles is 1. The van der Waals surface area contributed by atoms with Crippen LogP contribution in [-0.2, 0) is 6.61 Å². The second kappa shape index (κ2) is 8.65. The highest BCUT2D eigenvalue weighted by Gasteiger charge is 2.07. The molecular weight excluding hydrogens is 357 g/mol. The molecule has 4 nitrogen and oxygen atoms in total. The topological polar surface area (TPSA) is 70.3 Å². The van der Waals surface area contributed by atoms with Gasteiger partial charge in [-0.1, -0.05) is 42.5 Å². The van der Waals surface area contributed by atoms with E-state index in [0.717, 1.165) is 5.56 Å². The SMILES string of the molecule is N#C/C(=C/c1ccccc1OCc1ccc(C(=O)O)cc1)c1ccc(F)cc1. The average molecular weight is 373 g/mol. The zero-order chi connectivity index (χ0) is 19.9. The molecule has 138 valence electrons. The third-order valence-electron chi connectivity index (χ3n) is 4.09. The number of para-hydroxylation sites is 1. The predicted octanol–water partition coefficient (Wildman–Crippen LogP) is 5.17. The highest BCUT2D eigenvalue weighted by molar-refractivity contribution is 5.90. The summed E-state index contributed by atoms with van der Waals surface area (Å²) in [7, 11) is 0. The van der Waals surface area contributed by atoms with Gasteiger partial charge in [-0.05, 0) is 47.5 Å². The Kier molecular flexibility index (Phi) is 5.83. The molecule has 0 bridgehead atoms. The third-order valence-corrected chi connectivity index (χ3v) is 4.09. The van der Waals surface area contributed by atoms with Crippen molar-refractivity contribution >= 4 is 17.6 Å². The number of nitrogens with zero attached hydrogens (tertiary/aromatic N) is 1. The Morgan fingerprint density at radius 2 is 1.64 bits per heavy atom. The van der Waals surface area contributed by atoms with E-state index >= 15 is 0 Å². The molecule has 28 heavy (non-hydrogen) atoms. The molecule has 0 amide bonds. The first-order valence-electron chi connectivity index (χ1n) is 8.48. The molecule has 0 radical (unpaired) electrons. The van der Waals surface area contributed by atoms with Crippen LogP contribution in [0, 0.1) is 17.1 Å². The molecule has 1 N–H and O–H groups in total. The standard InChI is InChI=1S/C23H16FNO3/c24-21-11-9-17(10-12-21)20(14-25)13-19-3-1-2-4-22(19)28-15-16-5-7-18(8-6-16)23(26)27/h1-13H,15H2,(H,26,27)/b20-13-. The number of rotatable bonds is 6. The van der Waals surface area contributed by atoms with Crippen LogP contribution in [-0.4, -0.2) is 11.1 Å². The number of carboxylic acids is 1. The van der Waals surface area contributed by atoms with Crippen molar-refractivity contribution in [2.75, 3.05) is 0 Å². The molecule has 0 fully saturated rings. The van der Waals surface area contributed by atoms with Gasteiger partial charge in [0.25, 0.3) is 0 Å². The van der Waals surface area contributed by atoms with Crippen molar-refractivity contribution in [2.45, 2.75) is 6.61 Å². The van der Waals surface area contributed by atoms with E-state index < -0.39 is 5.97 Å². The second-order valence-electron chi connectivity index (χ2n) is 6.01. The van der Waals surface area contributed by atoms with Crippen LogP contribution in [0.5, 0.6) is 5.75 Å². The van der Waals surface area contributed by atoms with Crippen LogP contribution >= 0.6 is 0 Å². The molecule has 0 aliphatic carbocycles. The Balaban J connectivity index is 1.81. The molecule has 0 spiro atoms. The highest BCUT2D eigenvalue weighted by atomic mass is 19.1. The van der Waals surface area contributed by atoms with Crippen LogP contribution in [0.1, 0.15) is 27.0 Å². The van der Waals surface area contributed by atoms with Crippen molar-refractivity contribution in [2.24, 2.45) is 0 Å². The van der Waals surface area contributed by atoms with E-state index in [9.17, 15) is 14.4 Å². The number of carboxylic acid groups (broad SMARTS) is 1. The minimum Gasteiger partial charge on any atom is -0.488 e. The lowest BCUT2D eigenvalue weighted by Gasteiger charge is -2.10. The lowest BCUT2D eigenvalue weighted by atomic mass is 10.0. The number of ether oxygens (including phenoxy) is 1. The van der Waals surface area contributed by atoms with E-state index in [2.05, 4.69) is 6.07 Å². The number of carbonyl (C=O) groups is 1. The number of benzene rings is 3. The molecule has 0 unspecified atom stereocenters. The fourth-order valence-corrected chi connectivity index (χ4v) is 2.60. The van der Waals surface area contributed by atoms with Crippen molar-refractivity contribution in [3.05, 3.63) is 101 Å². The summed E-state index contributed by atoms with van der Waals surface area (Å²) >= 11 is 0. The number of aromatic carboxylic acids is 1. The predicted molar refractivity (Wildman–Crippen MR) is 104 cm³/mol. The Bertz CT molecular complexity index is 1050. The molecule has 0 aromatic heterocycles. The zero-order valence-corrected chi connectivity index (χ0v) is 14.8. The molecule has 5 heteroatoms. The zero-order valence-electron chi connectivity index (χ0n) is 14.8. The highest BCUT2D eigenvalue weighted by Crippen LogP contribution is 2.25. The van der Waals surface area contributed by atoms with Crippen LogP contribution in [0.3, 0.4) is 0 Å². The lowest BCUT2D eigenvalue weighted by Crippen LogP contribution is -1.99. The minimum atomic E-state index is -0.979. The van der Waals surface area contributed by atoms with Crippen LogP contribution in [0.2, 0.25) is 0 Å². The summed E-state index contributed by atoms with van der Waals surface area (Å²) in [5.74, 6) is -0.758. The number of hydrogen-bond acceptors (Lipinski definition) is 3. The summed E-state index contributed by atoms with van der Waals surface area (Å²) in [5.41, 5.74) is 2.75. The fourth-order valence-electron chi connectivity index (χ4n) is 2.60. The summed E-state index contributed by atoms with van der Waals surface area (Å²) < 4.78 is 19.0. The molecule has 0 aliphatic heterocycles. The monoisotopic (exact) mass is 373 g/mol. The fraction of sp³-hybridized carbons (Fsp3) is 0.0435. The average Bonchev–Trinajstić information content (AvgIpc) is 2.72. The molecule has 0 aliphatic rings. The molecule has 0 atom stereocenters. The maximum Gasteiger partial charge on any atom is 0.335 e. The molecular formula is C23H16FNO3. The van der Waals surface area contributed by atoms with E-state index in [4.69, 9.17) is 9.84 Å². The van der Waals surface area contributed by atoms with Gasteiger partial charge >= 0.3 is 5.97 Å². The van der Waals surface area contributed by atoms with Gasteiger partial charge in [0.05, 0.1) is 17.2 Å². The Morgan fingerprint density at radius 1 is 1.00 bits per heavy atom. The first-order chi connectivity index (χ1) is 13.6. The van der Waals surface area contributed by atoms with E-state index in [1.807, 2.05) is 18.2 Å². The maximum atomic E-state index is 13.1. The molecule has 3 rings (SSSR count). The smallest absolute Gasteiger partial charge is 0.335 e. The normalized spacial score (nSPS) is 10.9. The molecule has 3 aromatic carbocycles. The van der Waals surface area contributed by atoms with Gasteiger partial charge in [-0.15, -0.1) is 0 Å². The number of hydrogen-bond donors (Lipinski definition) is 1. The van der Waals surface area contributed by atoms with Gasteiger partial charge in [-0.2, -0.15) is 5.26 Å². The van der Waals surface area contributed by atoms with Gasteiger partial charge < -0.3 is 9.84 Å². The summed E-state index contributed by atoms with van der Waals surface area (Å²) in [6.07, 6.45) is 1.69. The molecule has 3 aromatic rings. The van der Waals surface area contributed by atoms with Gasteiger partial charge in [0, 0.05) is 5.56 Å². The number of halogens is 1. The van der Waals surface area contributed by atoms with Crippen molar-refractivity contribution in [1.82, 2.24) is 0 Å². The largest absolute Gasteiger partial charge is 0.488 e. The molecule has 0 saturated heterocycles. The minimum absolute atomic E-state index is 0.213. The van der Waals surface area contributed by atoms with E-state index in [1.165, 1.54) is 24.3 Å². The van der Waals surface area contributed by atoms with Gasteiger partial charge in [-0.3, -0.25) is 0 Å². The summed E-state index contributed by atoms with van der Waals surface area (Å²) in [6, 6.07) is 21.6. The van der Waals surface area contributed by atoms with Crippen molar-refractivity contribution in [3.63, 3.8) is 0 Å². The lowest BCUT2D eigenvalue weighted by molar-refractivity contribution is 0.0697. The maximum absolute atomic E-state index is 13.1. The summed E-state index contributed by atoms with van der Waals surface area (Å²) in [6.45, 7) is 0.253. The summed E-state index contributed by atoms with van der Waals surface area (Å²) in [5, 5.41) is 18.4. The first-order valence-corrected chi connectivity index (χ1v) is 8.48. The van der Waals surface area contributed by atoms with E-state index in [1.54, 1.807) is 36.4 Å².